The van der Waals surface area contributed by atoms with Crippen LogP contribution in [0.2, 0.25) is 0 Å². The molecule has 3 atom stereocenters. The van der Waals surface area contributed by atoms with Crippen LogP contribution in [0.15, 0.2) is 24.3 Å². The van der Waals surface area contributed by atoms with Crippen molar-refractivity contribution in [3.05, 3.63) is 35.4 Å². The summed E-state index contributed by atoms with van der Waals surface area (Å²) in [6.45, 7) is 10.8. The number of carbonyl (C=O) groups is 1. The van der Waals surface area contributed by atoms with Gasteiger partial charge >= 0.3 is 0 Å². The van der Waals surface area contributed by atoms with Crippen molar-refractivity contribution in [3.8, 4) is 0 Å². The lowest BCUT2D eigenvalue weighted by molar-refractivity contribution is -0.131. The average Bonchev–Trinajstić information content (AvgIpc) is 3.29. The van der Waals surface area contributed by atoms with E-state index in [9.17, 15) is 4.79 Å². The molecule has 2 heterocycles. The van der Waals surface area contributed by atoms with Crippen molar-refractivity contribution in [2.75, 3.05) is 39.3 Å². The molecule has 4 nitrogen and oxygen atoms in total. The molecular formula is C21H31N3O. The van der Waals surface area contributed by atoms with Crippen molar-refractivity contribution in [2.45, 2.75) is 44.6 Å². The quantitative estimate of drug-likeness (QED) is 0.914. The van der Waals surface area contributed by atoms with Crippen LogP contribution < -0.4 is 5.32 Å². The minimum absolute atomic E-state index is 0.228. The molecule has 1 amide bonds. The number of hydrogen-bond acceptors (Lipinski definition) is 3. The zero-order chi connectivity index (χ0) is 17.4. The first-order valence-electron chi connectivity index (χ1n) is 9.97. The fourth-order valence-electron chi connectivity index (χ4n) is 4.49. The van der Waals surface area contributed by atoms with Gasteiger partial charge in [-0.2, -0.15) is 0 Å². The van der Waals surface area contributed by atoms with Gasteiger partial charge in [-0.1, -0.05) is 38.1 Å². The Morgan fingerprint density at radius 3 is 2.52 bits per heavy atom. The van der Waals surface area contributed by atoms with Gasteiger partial charge in [0.25, 0.3) is 0 Å². The van der Waals surface area contributed by atoms with Gasteiger partial charge in [0.2, 0.25) is 5.91 Å². The Morgan fingerprint density at radius 1 is 1.12 bits per heavy atom. The van der Waals surface area contributed by atoms with Crippen molar-refractivity contribution < 1.29 is 4.79 Å². The fourth-order valence-corrected chi connectivity index (χ4v) is 4.49. The maximum absolute atomic E-state index is 12.9. The van der Waals surface area contributed by atoms with E-state index in [0.29, 0.717) is 23.8 Å². The van der Waals surface area contributed by atoms with E-state index < -0.39 is 0 Å². The molecular weight excluding hydrogens is 310 g/mol. The summed E-state index contributed by atoms with van der Waals surface area (Å²) in [5.41, 5.74) is 2.73. The van der Waals surface area contributed by atoms with Gasteiger partial charge in [-0.3, -0.25) is 9.69 Å². The number of carbonyl (C=O) groups excluding carboxylic acids is 1. The summed E-state index contributed by atoms with van der Waals surface area (Å²) in [7, 11) is 0. The summed E-state index contributed by atoms with van der Waals surface area (Å²) in [5, 5.41) is 3.41. The number of nitrogens with one attached hydrogen (secondary N) is 1. The summed E-state index contributed by atoms with van der Waals surface area (Å²) >= 11 is 0. The van der Waals surface area contributed by atoms with Crippen molar-refractivity contribution in [1.29, 1.82) is 0 Å². The van der Waals surface area contributed by atoms with E-state index in [0.717, 1.165) is 52.1 Å². The molecule has 0 aromatic heterocycles. The summed E-state index contributed by atoms with van der Waals surface area (Å²) in [4.78, 5) is 17.6. The largest absolute Gasteiger partial charge is 0.341 e. The van der Waals surface area contributed by atoms with Gasteiger partial charge in [-0.25, -0.2) is 0 Å². The zero-order valence-electron chi connectivity index (χ0n) is 15.6. The second-order valence-electron chi connectivity index (χ2n) is 8.28. The smallest absolute Gasteiger partial charge is 0.226 e. The molecule has 0 bridgehead atoms. The molecule has 3 unspecified atom stereocenters. The molecule has 1 saturated carbocycles. The third-order valence-electron chi connectivity index (χ3n) is 6.28. The zero-order valence-corrected chi connectivity index (χ0v) is 15.6. The van der Waals surface area contributed by atoms with Crippen LogP contribution in [0.4, 0.5) is 0 Å². The summed E-state index contributed by atoms with van der Waals surface area (Å²) in [6.07, 6.45) is 2.18. The van der Waals surface area contributed by atoms with Gasteiger partial charge in [0.15, 0.2) is 0 Å². The topological polar surface area (TPSA) is 35.6 Å². The fraction of sp³-hybridized carbons (Fsp3) is 0.667. The maximum Gasteiger partial charge on any atom is 0.226 e. The Labute approximate surface area is 151 Å². The van der Waals surface area contributed by atoms with Crippen molar-refractivity contribution >= 4 is 5.91 Å². The lowest BCUT2D eigenvalue weighted by Gasteiger charge is -2.32. The normalized spacial score (nSPS) is 30.0. The first-order chi connectivity index (χ1) is 12.1. The molecule has 0 spiro atoms. The second kappa shape index (κ2) is 7.08. The van der Waals surface area contributed by atoms with E-state index in [1.165, 1.54) is 11.1 Å². The van der Waals surface area contributed by atoms with Gasteiger partial charge in [0.1, 0.15) is 0 Å². The highest BCUT2D eigenvalue weighted by Gasteiger charge is 2.47. The lowest BCUT2D eigenvalue weighted by atomic mass is 10.00. The van der Waals surface area contributed by atoms with Crippen LogP contribution in [-0.4, -0.2) is 61.0 Å². The molecule has 25 heavy (non-hydrogen) atoms. The molecule has 3 fully saturated rings. The van der Waals surface area contributed by atoms with E-state index >= 15 is 0 Å². The molecule has 0 radical (unpaired) electrons. The van der Waals surface area contributed by atoms with E-state index in [1.807, 2.05) is 0 Å². The monoisotopic (exact) mass is 341 g/mol. The van der Waals surface area contributed by atoms with Gasteiger partial charge in [0, 0.05) is 51.2 Å². The van der Waals surface area contributed by atoms with Crippen LogP contribution >= 0.6 is 0 Å². The molecule has 1 N–H and O–H groups in total. The molecule has 2 aliphatic heterocycles. The highest BCUT2D eigenvalue weighted by atomic mass is 16.2. The molecule has 4 rings (SSSR count). The number of benzene rings is 1. The highest BCUT2D eigenvalue weighted by Crippen LogP contribution is 2.49. The van der Waals surface area contributed by atoms with Crippen LogP contribution in [0.25, 0.3) is 0 Å². The number of rotatable bonds is 4. The molecule has 1 aromatic rings. The van der Waals surface area contributed by atoms with Crippen LogP contribution in [0.3, 0.4) is 0 Å². The number of nitrogens with zero attached hydrogens (tertiary/aromatic N) is 2. The van der Waals surface area contributed by atoms with Crippen LogP contribution in [-0.2, 0) is 4.79 Å². The van der Waals surface area contributed by atoms with Crippen molar-refractivity contribution in [3.63, 3.8) is 0 Å². The Kier molecular flexibility index (Phi) is 4.83. The molecule has 1 aromatic carbocycles. The average molecular weight is 341 g/mol. The maximum atomic E-state index is 12.9. The summed E-state index contributed by atoms with van der Waals surface area (Å²) in [5.74, 6) is 1.64. The standard InChI is InChI=1S/C21H31N3O/c1-15(2)16-3-5-17(6-4-16)19-13-20(19)21(25)24-10-7-18(14-24)23-11-8-22-9-12-23/h3-6,15,18-20,22H,7-14H2,1-2H3. The summed E-state index contributed by atoms with van der Waals surface area (Å²) < 4.78 is 0. The minimum Gasteiger partial charge on any atom is -0.341 e. The van der Waals surface area contributed by atoms with E-state index in [2.05, 4.69) is 53.2 Å². The predicted octanol–water partition coefficient (Wildman–Crippen LogP) is 2.42. The molecule has 3 aliphatic rings. The van der Waals surface area contributed by atoms with Crippen LogP contribution in [0.1, 0.15) is 49.7 Å². The van der Waals surface area contributed by atoms with Crippen LogP contribution in [0.5, 0.6) is 0 Å². The van der Waals surface area contributed by atoms with Crippen LogP contribution in [0, 0.1) is 5.92 Å². The Balaban J connectivity index is 1.32. The first kappa shape index (κ1) is 17.0. The van der Waals surface area contributed by atoms with Gasteiger partial charge in [-0.05, 0) is 35.8 Å². The molecule has 1 aliphatic carbocycles. The molecule has 4 heteroatoms. The van der Waals surface area contributed by atoms with Gasteiger partial charge in [0.05, 0.1) is 0 Å². The van der Waals surface area contributed by atoms with Gasteiger partial charge in [-0.15, -0.1) is 0 Å². The van der Waals surface area contributed by atoms with E-state index in [1.54, 1.807) is 0 Å². The minimum atomic E-state index is 0.228. The third-order valence-corrected chi connectivity index (χ3v) is 6.28. The first-order valence-corrected chi connectivity index (χ1v) is 9.97. The highest BCUT2D eigenvalue weighted by molar-refractivity contribution is 5.83. The Hall–Kier alpha value is -1.39. The second-order valence-corrected chi connectivity index (χ2v) is 8.28. The summed E-state index contributed by atoms with van der Waals surface area (Å²) in [6, 6.07) is 9.52. The molecule has 136 valence electrons. The van der Waals surface area contributed by atoms with E-state index in [-0.39, 0.29) is 5.92 Å². The number of piperazine rings is 1. The lowest BCUT2D eigenvalue weighted by Crippen LogP contribution is -2.49. The van der Waals surface area contributed by atoms with Crippen molar-refractivity contribution in [2.24, 2.45) is 5.92 Å². The number of amides is 1. The number of likely N-dealkylation sites (tertiary alicyclic amines) is 1. The Bertz CT molecular complexity index is 606. The van der Waals surface area contributed by atoms with Crippen molar-refractivity contribution in [1.82, 2.24) is 15.1 Å². The third kappa shape index (κ3) is 3.61. The van der Waals surface area contributed by atoms with E-state index in [4.69, 9.17) is 0 Å². The SMILES string of the molecule is CC(C)c1ccc(C2CC2C(=O)N2CCC(N3CCNCC3)C2)cc1. The number of hydrogen-bond donors (Lipinski definition) is 1. The Morgan fingerprint density at radius 2 is 1.84 bits per heavy atom. The predicted molar refractivity (Wildman–Crippen MR) is 101 cm³/mol. The molecule has 2 saturated heterocycles. The van der Waals surface area contributed by atoms with Gasteiger partial charge < -0.3 is 10.2 Å².